The number of aryl methyl sites for hydroxylation is 1. The van der Waals surface area contributed by atoms with Crippen LogP contribution in [0.15, 0.2) is 36.4 Å². The number of carbonyl (C=O) groups excluding carboxylic acids is 3. The molecular formula is C21H24N2O3. The van der Waals surface area contributed by atoms with E-state index >= 15 is 0 Å². The molecule has 3 amide bonds. The van der Waals surface area contributed by atoms with Crippen LogP contribution in [-0.4, -0.2) is 29.2 Å². The molecule has 136 valence electrons. The van der Waals surface area contributed by atoms with E-state index in [0.29, 0.717) is 5.69 Å². The lowest BCUT2D eigenvalue weighted by molar-refractivity contribution is -0.143. The number of nitrogens with zero attached hydrogens (tertiary/aromatic N) is 1. The first-order valence-corrected chi connectivity index (χ1v) is 9.51. The van der Waals surface area contributed by atoms with Gasteiger partial charge in [-0.15, -0.1) is 0 Å². The molecule has 1 aromatic rings. The van der Waals surface area contributed by atoms with Crippen LogP contribution >= 0.6 is 0 Å². The molecule has 0 aromatic heterocycles. The number of likely N-dealkylation sites (tertiary alicyclic amines) is 1. The molecule has 4 unspecified atom stereocenters. The van der Waals surface area contributed by atoms with Gasteiger partial charge in [-0.3, -0.25) is 19.3 Å². The zero-order valence-electron chi connectivity index (χ0n) is 15.0. The molecule has 1 saturated carbocycles. The summed E-state index contributed by atoms with van der Waals surface area (Å²) in [6, 6.07) is 7.75. The van der Waals surface area contributed by atoms with Crippen molar-refractivity contribution in [2.75, 3.05) is 11.9 Å². The number of hydrogen-bond acceptors (Lipinski definition) is 3. The number of benzene rings is 1. The van der Waals surface area contributed by atoms with Gasteiger partial charge in [0, 0.05) is 5.69 Å². The maximum Gasteiger partial charge on any atom is 0.244 e. The molecule has 2 aliphatic carbocycles. The summed E-state index contributed by atoms with van der Waals surface area (Å²) in [5.41, 5.74) is 1.93. The third-order valence-corrected chi connectivity index (χ3v) is 5.92. The van der Waals surface area contributed by atoms with Crippen LogP contribution in [0.25, 0.3) is 0 Å². The Morgan fingerprint density at radius 1 is 1.08 bits per heavy atom. The molecule has 1 heterocycles. The van der Waals surface area contributed by atoms with Crippen molar-refractivity contribution >= 4 is 23.4 Å². The lowest BCUT2D eigenvalue weighted by Gasteiger charge is -2.17. The van der Waals surface area contributed by atoms with Gasteiger partial charge in [0.25, 0.3) is 0 Å². The number of unbranched alkanes of at least 4 members (excludes halogenated alkanes) is 1. The molecule has 4 rings (SSSR count). The van der Waals surface area contributed by atoms with E-state index in [1.54, 1.807) is 0 Å². The van der Waals surface area contributed by atoms with Gasteiger partial charge >= 0.3 is 0 Å². The average Bonchev–Trinajstić information content (AvgIpc) is 3.31. The first kappa shape index (κ1) is 17.0. The summed E-state index contributed by atoms with van der Waals surface area (Å²) in [4.78, 5) is 38.7. The van der Waals surface area contributed by atoms with Crippen LogP contribution < -0.4 is 5.32 Å². The van der Waals surface area contributed by atoms with Gasteiger partial charge in [-0.1, -0.05) is 37.6 Å². The van der Waals surface area contributed by atoms with Gasteiger partial charge in [0.1, 0.15) is 6.54 Å². The predicted molar refractivity (Wildman–Crippen MR) is 98.1 cm³/mol. The molecule has 1 saturated heterocycles. The van der Waals surface area contributed by atoms with Crippen LogP contribution in [-0.2, 0) is 20.8 Å². The predicted octanol–water partition coefficient (Wildman–Crippen LogP) is 2.77. The van der Waals surface area contributed by atoms with E-state index < -0.39 is 0 Å². The van der Waals surface area contributed by atoms with Gasteiger partial charge in [0.15, 0.2) is 0 Å². The number of allylic oxidation sites excluding steroid dienone is 2. The number of carbonyl (C=O) groups is 3. The van der Waals surface area contributed by atoms with Crippen molar-refractivity contribution in [3.05, 3.63) is 42.0 Å². The molecule has 0 radical (unpaired) electrons. The molecule has 3 aliphatic rings. The zero-order valence-corrected chi connectivity index (χ0v) is 15.0. The van der Waals surface area contributed by atoms with E-state index in [2.05, 4.69) is 24.4 Å². The standard InChI is InChI=1S/C21H24N2O3/c1-2-3-4-13-5-9-16(10-6-13)22-17(24)12-23-20(25)18-14-7-8-15(11-14)19(18)21(23)26/h5-10,14-15,18-19H,2-4,11-12H2,1H3,(H,22,24). The Morgan fingerprint density at radius 3 is 2.27 bits per heavy atom. The van der Waals surface area contributed by atoms with Crippen LogP contribution in [0.5, 0.6) is 0 Å². The Kier molecular flexibility index (Phi) is 4.39. The third kappa shape index (κ3) is 2.85. The third-order valence-electron chi connectivity index (χ3n) is 5.92. The number of fused-ring (bicyclic) bond motifs is 5. The average molecular weight is 352 g/mol. The highest BCUT2D eigenvalue weighted by atomic mass is 16.2. The fourth-order valence-corrected chi connectivity index (χ4v) is 4.60. The van der Waals surface area contributed by atoms with Gasteiger partial charge in [-0.2, -0.15) is 0 Å². The molecular weight excluding hydrogens is 328 g/mol. The van der Waals surface area contributed by atoms with E-state index in [4.69, 9.17) is 0 Å². The van der Waals surface area contributed by atoms with Gasteiger partial charge in [0.05, 0.1) is 11.8 Å². The summed E-state index contributed by atoms with van der Waals surface area (Å²) in [5, 5.41) is 2.80. The fraction of sp³-hybridized carbons (Fsp3) is 0.476. The van der Waals surface area contributed by atoms with Gasteiger partial charge in [-0.25, -0.2) is 0 Å². The van der Waals surface area contributed by atoms with Gasteiger partial charge in [-0.05, 0) is 48.8 Å². The monoisotopic (exact) mass is 352 g/mol. The smallest absolute Gasteiger partial charge is 0.244 e. The Bertz CT molecular complexity index is 738. The number of rotatable bonds is 6. The normalized spacial score (nSPS) is 28.7. The summed E-state index contributed by atoms with van der Waals surface area (Å²) in [6.07, 6.45) is 8.33. The zero-order chi connectivity index (χ0) is 18.3. The lowest BCUT2D eigenvalue weighted by atomic mass is 9.85. The summed E-state index contributed by atoms with van der Waals surface area (Å²) in [5.74, 6) is -0.834. The van der Waals surface area contributed by atoms with Crippen LogP contribution in [0.2, 0.25) is 0 Å². The van der Waals surface area contributed by atoms with E-state index in [0.717, 1.165) is 30.6 Å². The second-order valence-electron chi connectivity index (χ2n) is 7.61. The molecule has 2 fully saturated rings. The fourth-order valence-electron chi connectivity index (χ4n) is 4.60. The van der Waals surface area contributed by atoms with Crippen molar-refractivity contribution in [2.24, 2.45) is 23.7 Å². The van der Waals surface area contributed by atoms with Crippen molar-refractivity contribution in [3.63, 3.8) is 0 Å². The Hall–Kier alpha value is -2.43. The molecule has 5 heteroatoms. The molecule has 0 spiro atoms. The van der Waals surface area contributed by atoms with Crippen molar-refractivity contribution in [2.45, 2.75) is 32.6 Å². The van der Waals surface area contributed by atoms with Crippen LogP contribution in [0.3, 0.4) is 0 Å². The van der Waals surface area contributed by atoms with Crippen molar-refractivity contribution in [1.82, 2.24) is 4.90 Å². The highest BCUT2D eigenvalue weighted by molar-refractivity contribution is 6.09. The molecule has 1 N–H and O–H groups in total. The van der Waals surface area contributed by atoms with Crippen molar-refractivity contribution in [1.29, 1.82) is 0 Å². The number of nitrogens with one attached hydrogen (secondary N) is 1. The van der Waals surface area contributed by atoms with Crippen LogP contribution in [0.4, 0.5) is 5.69 Å². The van der Waals surface area contributed by atoms with Crippen LogP contribution in [0, 0.1) is 23.7 Å². The highest BCUT2D eigenvalue weighted by Crippen LogP contribution is 2.52. The minimum absolute atomic E-state index is 0.171. The molecule has 1 aliphatic heterocycles. The van der Waals surface area contributed by atoms with Gasteiger partial charge < -0.3 is 5.32 Å². The van der Waals surface area contributed by atoms with E-state index in [-0.39, 0.29) is 47.9 Å². The molecule has 1 aromatic carbocycles. The second kappa shape index (κ2) is 6.71. The first-order chi connectivity index (χ1) is 12.6. The van der Waals surface area contributed by atoms with E-state index in [1.807, 2.05) is 24.3 Å². The Balaban J connectivity index is 1.37. The first-order valence-electron chi connectivity index (χ1n) is 9.51. The second-order valence-corrected chi connectivity index (χ2v) is 7.61. The summed E-state index contributed by atoms with van der Waals surface area (Å²) in [6.45, 7) is 1.97. The Labute approximate surface area is 153 Å². The molecule has 2 bridgehead atoms. The van der Waals surface area contributed by atoms with E-state index in [1.165, 1.54) is 5.56 Å². The van der Waals surface area contributed by atoms with Crippen molar-refractivity contribution in [3.8, 4) is 0 Å². The maximum absolute atomic E-state index is 12.6. The number of imide groups is 1. The minimum Gasteiger partial charge on any atom is -0.325 e. The van der Waals surface area contributed by atoms with Crippen molar-refractivity contribution < 1.29 is 14.4 Å². The number of hydrogen-bond donors (Lipinski definition) is 1. The van der Waals surface area contributed by atoms with Crippen LogP contribution in [0.1, 0.15) is 31.7 Å². The summed E-state index contributed by atoms with van der Waals surface area (Å²) in [7, 11) is 0. The minimum atomic E-state index is -0.326. The number of amides is 3. The topological polar surface area (TPSA) is 66.5 Å². The lowest BCUT2D eigenvalue weighted by Crippen LogP contribution is -2.39. The quantitative estimate of drug-likeness (QED) is 0.632. The maximum atomic E-state index is 12.6. The SMILES string of the molecule is CCCCc1ccc(NC(=O)CN2C(=O)C3C4C=CC(C4)C3C2=O)cc1. The highest BCUT2D eigenvalue weighted by Gasteiger charge is 2.59. The summed E-state index contributed by atoms with van der Waals surface area (Å²) < 4.78 is 0. The Morgan fingerprint density at radius 2 is 1.69 bits per heavy atom. The molecule has 4 atom stereocenters. The van der Waals surface area contributed by atoms with E-state index in [9.17, 15) is 14.4 Å². The molecule has 26 heavy (non-hydrogen) atoms. The molecule has 5 nitrogen and oxygen atoms in total. The largest absolute Gasteiger partial charge is 0.325 e. The number of anilines is 1. The van der Waals surface area contributed by atoms with Gasteiger partial charge in [0.2, 0.25) is 17.7 Å². The summed E-state index contributed by atoms with van der Waals surface area (Å²) >= 11 is 0.